The summed E-state index contributed by atoms with van der Waals surface area (Å²) in [7, 11) is 0. The Morgan fingerprint density at radius 1 is 1.32 bits per heavy atom. The van der Waals surface area contributed by atoms with Crippen molar-refractivity contribution in [2.24, 2.45) is 0 Å². The van der Waals surface area contributed by atoms with Crippen LogP contribution in [-0.4, -0.2) is 40.5 Å². The van der Waals surface area contributed by atoms with Crippen molar-refractivity contribution in [3.8, 4) is 0 Å². The minimum absolute atomic E-state index is 0.490. The minimum atomic E-state index is 0.490. The summed E-state index contributed by atoms with van der Waals surface area (Å²) in [6.45, 7) is 5.67. The van der Waals surface area contributed by atoms with Gasteiger partial charge in [0.1, 0.15) is 5.82 Å². The molecule has 2 aromatic rings. The molecule has 0 bridgehead atoms. The molecule has 1 aliphatic rings. The minimum Gasteiger partial charge on any atom is -0.365 e. The molecular formula is C15H20N4. The normalized spacial score (nSPS) is 20.6. The van der Waals surface area contributed by atoms with E-state index in [0.717, 1.165) is 29.9 Å². The van der Waals surface area contributed by atoms with Gasteiger partial charge in [0.05, 0.1) is 17.2 Å². The van der Waals surface area contributed by atoms with E-state index < -0.39 is 0 Å². The maximum Gasteiger partial charge on any atom is 0.145 e. The van der Waals surface area contributed by atoms with Gasteiger partial charge in [-0.25, -0.2) is 4.98 Å². The highest BCUT2D eigenvalue weighted by Crippen LogP contribution is 2.16. The van der Waals surface area contributed by atoms with Crippen molar-refractivity contribution in [2.45, 2.75) is 25.8 Å². The Hall–Kier alpha value is -1.68. The number of likely N-dealkylation sites (tertiary alicyclic amines) is 1. The van der Waals surface area contributed by atoms with Crippen LogP contribution in [0.5, 0.6) is 0 Å². The van der Waals surface area contributed by atoms with Gasteiger partial charge >= 0.3 is 0 Å². The summed E-state index contributed by atoms with van der Waals surface area (Å²) >= 11 is 0. The SMILES string of the molecule is CCN1CCCC(Nc2cnc3ccccc3n2)C1. The summed E-state index contributed by atoms with van der Waals surface area (Å²) in [6, 6.07) is 8.48. The molecule has 0 spiro atoms. The highest BCUT2D eigenvalue weighted by molar-refractivity contribution is 5.75. The van der Waals surface area contributed by atoms with Gasteiger partial charge in [-0.3, -0.25) is 4.98 Å². The molecule has 1 aromatic heterocycles. The van der Waals surface area contributed by atoms with E-state index in [9.17, 15) is 0 Å². The van der Waals surface area contributed by atoms with Crippen molar-refractivity contribution in [3.05, 3.63) is 30.5 Å². The third-order valence-electron chi connectivity index (χ3n) is 3.75. The first-order valence-electron chi connectivity index (χ1n) is 7.06. The Kier molecular flexibility index (Phi) is 3.60. The number of likely N-dealkylation sites (N-methyl/N-ethyl adjacent to an activating group) is 1. The second-order valence-electron chi connectivity index (χ2n) is 5.12. The maximum absolute atomic E-state index is 4.63. The van der Waals surface area contributed by atoms with Crippen LogP contribution in [0, 0.1) is 0 Å². The number of anilines is 1. The van der Waals surface area contributed by atoms with Crippen molar-refractivity contribution in [1.82, 2.24) is 14.9 Å². The molecule has 3 rings (SSSR count). The predicted molar refractivity (Wildman–Crippen MR) is 78.3 cm³/mol. The smallest absolute Gasteiger partial charge is 0.145 e. The highest BCUT2D eigenvalue weighted by atomic mass is 15.2. The second-order valence-corrected chi connectivity index (χ2v) is 5.12. The van der Waals surface area contributed by atoms with E-state index in [4.69, 9.17) is 0 Å². The van der Waals surface area contributed by atoms with E-state index in [1.165, 1.54) is 19.4 Å². The number of benzene rings is 1. The quantitative estimate of drug-likeness (QED) is 0.916. The van der Waals surface area contributed by atoms with E-state index in [1.54, 1.807) is 0 Å². The molecule has 4 nitrogen and oxygen atoms in total. The van der Waals surface area contributed by atoms with Crippen LogP contribution in [0.4, 0.5) is 5.82 Å². The van der Waals surface area contributed by atoms with Gasteiger partial charge in [0, 0.05) is 12.6 Å². The molecule has 1 atom stereocenters. The number of hydrogen-bond acceptors (Lipinski definition) is 4. The van der Waals surface area contributed by atoms with Gasteiger partial charge in [0.2, 0.25) is 0 Å². The lowest BCUT2D eigenvalue weighted by Crippen LogP contribution is -2.41. The Balaban J connectivity index is 1.74. The van der Waals surface area contributed by atoms with Gasteiger partial charge in [-0.2, -0.15) is 0 Å². The molecule has 1 aliphatic heterocycles. The molecule has 0 radical (unpaired) electrons. The lowest BCUT2D eigenvalue weighted by molar-refractivity contribution is 0.226. The molecule has 4 heteroatoms. The van der Waals surface area contributed by atoms with Gasteiger partial charge in [0.25, 0.3) is 0 Å². The van der Waals surface area contributed by atoms with Crippen LogP contribution in [0.1, 0.15) is 19.8 Å². The highest BCUT2D eigenvalue weighted by Gasteiger charge is 2.18. The zero-order valence-electron chi connectivity index (χ0n) is 11.3. The number of nitrogens with one attached hydrogen (secondary N) is 1. The summed E-state index contributed by atoms with van der Waals surface area (Å²) in [5.41, 5.74) is 1.91. The van der Waals surface area contributed by atoms with Crippen molar-refractivity contribution < 1.29 is 0 Å². The first kappa shape index (κ1) is 12.4. The zero-order valence-corrected chi connectivity index (χ0v) is 11.3. The number of piperidine rings is 1. The lowest BCUT2D eigenvalue weighted by Gasteiger charge is -2.32. The fourth-order valence-electron chi connectivity index (χ4n) is 2.70. The third kappa shape index (κ3) is 2.84. The summed E-state index contributed by atoms with van der Waals surface area (Å²) in [6.07, 6.45) is 4.31. The van der Waals surface area contributed by atoms with Gasteiger partial charge in [-0.1, -0.05) is 19.1 Å². The molecule has 1 N–H and O–H groups in total. The third-order valence-corrected chi connectivity index (χ3v) is 3.75. The molecule has 1 fully saturated rings. The fourth-order valence-corrected chi connectivity index (χ4v) is 2.70. The molecular weight excluding hydrogens is 236 g/mol. The van der Waals surface area contributed by atoms with Crippen LogP contribution in [0.2, 0.25) is 0 Å². The Morgan fingerprint density at radius 3 is 3.00 bits per heavy atom. The molecule has 1 aromatic carbocycles. The van der Waals surface area contributed by atoms with Gasteiger partial charge in [-0.15, -0.1) is 0 Å². The Morgan fingerprint density at radius 2 is 2.16 bits per heavy atom. The van der Waals surface area contributed by atoms with Crippen LogP contribution in [-0.2, 0) is 0 Å². The molecule has 1 unspecified atom stereocenters. The van der Waals surface area contributed by atoms with Crippen LogP contribution >= 0.6 is 0 Å². The standard InChI is InChI=1S/C15H20N4/c1-2-19-9-5-6-12(11-19)17-15-10-16-13-7-3-4-8-14(13)18-15/h3-4,7-8,10,12H,2,5-6,9,11H2,1H3,(H,17,18). The molecule has 1 saturated heterocycles. The summed E-state index contributed by atoms with van der Waals surface area (Å²) < 4.78 is 0. The van der Waals surface area contributed by atoms with Gasteiger partial charge in [-0.05, 0) is 38.1 Å². The zero-order chi connectivity index (χ0) is 13.1. The van der Waals surface area contributed by atoms with Gasteiger partial charge in [0.15, 0.2) is 0 Å². The first-order valence-corrected chi connectivity index (χ1v) is 7.06. The first-order chi connectivity index (χ1) is 9.35. The van der Waals surface area contributed by atoms with Crippen molar-refractivity contribution in [1.29, 1.82) is 0 Å². The Labute approximate surface area is 113 Å². The Bertz CT molecular complexity index is 555. The summed E-state index contributed by atoms with van der Waals surface area (Å²) in [4.78, 5) is 11.6. The molecule has 100 valence electrons. The molecule has 2 heterocycles. The van der Waals surface area contributed by atoms with Crippen LogP contribution in [0.15, 0.2) is 30.5 Å². The number of para-hydroxylation sites is 2. The number of rotatable bonds is 3. The van der Waals surface area contributed by atoms with E-state index in [1.807, 2.05) is 30.5 Å². The molecule has 0 amide bonds. The number of aromatic nitrogens is 2. The molecule has 0 aliphatic carbocycles. The number of fused-ring (bicyclic) bond motifs is 1. The van der Waals surface area contributed by atoms with Crippen LogP contribution in [0.25, 0.3) is 11.0 Å². The summed E-state index contributed by atoms with van der Waals surface area (Å²) in [5.74, 6) is 0.890. The van der Waals surface area contributed by atoms with E-state index in [2.05, 4.69) is 27.1 Å². The largest absolute Gasteiger partial charge is 0.365 e. The van der Waals surface area contributed by atoms with Crippen LogP contribution in [0.3, 0.4) is 0 Å². The second kappa shape index (κ2) is 5.53. The van der Waals surface area contributed by atoms with Crippen molar-refractivity contribution in [3.63, 3.8) is 0 Å². The van der Waals surface area contributed by atoms with Gasteiger partial charge < -0.3 is 10.2 Å². The summed E-state index contributed by atoms with van der Waals surface area (Å²) in [5, 5.41) is 3.52. The molecule has 19 heavy (non-hydrogen) atoms. The average molecular weight is 256 g/mol. The maximum atomic E-state index is 4.63. The van der Waals surface area contributed by atoms with Crippen molar-refractivity contribution >= 4 is 16.9 Å². The van der Waals surface area contributed by atoms with E-state index >= 15 is 0 Å². The number of hydrogen-bond donors (Lipinski definition) is 1. The lowest BCUT2D eigenvalue weighted by atomic mass is 10.1. The monoisotopic (exact) mass is 256 g/mol. The van der Waals surface area contributed by atoms with E-state index in [0.29, 0.717) is 6.04 Å². The number of nitrogens with zero attached hydrogens (tertiary/aromatic N) is 3. The van der Waals surface area contributed by atoms with E-state index in [-0.39, 0.29) is 0 Å². The fraction of sp³-hybridized carbons (Fsp3) is 0.467. The predicted octanol–water partition coefficient (Wildman–Crippen LogP) is 2.53. The van der Waals surface area contributed by atoms with Crippen LogP contribution < -0.4 is 5.32 Å². The van der Waals surface area contributed by atoms with Crippen molar-refractivity contribution in [2.75, 3.05) is 25.0 Å². The average Bonchev–Trinajstić information content (AvgIpc) is 2.47. The molecule has 0 saturated carbocycles. The topological polar surface area (TPSA) is 41.0 Å².